The molecule has 0 unspecified atom stereocenters. The smallest absolute Gasteiger partial charge is 0.257 e. The molecule has 2 aliphatic rings. The van der Waals surface area contributed by atoms with Gasteiger partial charge in [0.25, 0.3) is 5.91 Å². The Balaban J connectivity index is 1.66. The van der Waals surface area contributed by atoms with Gasteiger partial charge in [-0.15, -0.1) is 0 Å². The molecule has 1 aliphatic heterocycles. The average molecular weight is 500 g/mol. The van der Waals surface area contributed by atoms with E-state index in [1.54, 1.807) is 24.3 Å². The molecule has 148 valence electrons. The molecule has 2 aromatic carbocycles. The van der Waals surface area contributed by atoms with Crippen LogP contribution < -0.4 is 10.2 Å². The molecule has 2 atom stereocenters. The molecule has 1 N–H and O–H groups in total. The Morgan fingerprint density at radius 3 is 2.55 bits per heavy atom. The Hall–Kier alpha value is -2.48. The van der Waals surface area contributed by atoms with Gasteiger partial charge in [-0.3, -0.25) is 14.4 Å². The summed E-state index contributed by atoms with van der Waals surface area (Å²) >= 11 is 2.22. The summed E-state index contributed by atoms with van der Waals surface area (Å²) < 4.78 is 1.08. The lowest BCUT2D eigenvalue weighted by Gasteiger charge is -2.19. The van der Waals surface area contributed by atoms with E-state index in [1.807, 2.05) is 38.1 Å². The van der Waals surface area contributed by atoms with Crippen LogP contribution in [0.1, 0.15) is 35.7 Å². The number of rotatable bonds is 3. The second kappa shape index (κ2) is 7.74. The lowest BCUT2D eigenvalue weighted by molar-refractivity contribution is -0.122. The number of hydrogen-bond donors (Lipinski definition) is 1. The van der Waals surface area contributed by atoms with Crippen LogP contribution in [-0.2, 0) is 9.59 Å². The fourth-order valence-corrected chi connectivity index (χ4v) is 4.74. The summed E-state index contributed by atoms with van der Waals surface area (Å²) in [5, 5.41) is 2.92. The zero-order chi connectivity index (χ0) is 20.7. The van der Waals surface area contributed by atoms with Gasteiger partial charge in [0.1, 0.15) is 0 Å². The maximum atomic E-state index is 13.1. The Kier molecular flexibility index (Phi) is 5.29. The molecular formula is C23H21IN2O3. The predicted octanol–water partition coefficient (Wildman–Crippen LogP) is 4.70. The van der Waals surface area contributed by atoms with Crippen LogP contribution >= 0.6 is 22.6 Å². The molecule has 5 nitrogen and oxygen atoms in total. The highest BCUT2D eigenvalue weighted by molar-refractivity contribution is 14.1. The number of aryl methyl sites for hydroxylation is 1. The van der Waals surface area contributed by atoms with Crippen LogP contribution in [-0.4, -0.2) is 17.7 Å². The standard InChI is InChI=1S/C23H21IN2O3/c1-13-7-9-16-18(11-13)23(29)26(22(16)28)20-6-4-3-5-17(20)21(27)25-19-10-8-15(24)12-14(19)2/h3-8,10,12,16,18H,9,11H2,1-2H3,(H,25,27)/t16-,18-/m0/s1. The average Bonchev–Trinajstić information content (AvgIpc) is 2.94. The number of hydrogen-bond acceptors (Lipinski definition) is 3. The van der Waals surface area contributed by atoms with Gasteiger partial charge in [0.05, 0.1) is 23.1 Å². The number of para-hydroxylation sites is 1. The lowest BCUT2D eigenvalue weighted by atomic mass is 9.82. The first-order chi connectivity index (χ1) is 13.9. The molecule has 0 saturated carbocycles. The fraction of sp³-hybridized carbons (Fsp3) is 0.261. The third-order valence-corrected chi connectivity index (χ3v) is 6.32. The summed E-state index contributed by atoms with van der Waals surface area (Å²) in [5.41, 5.74) is 3.46. The van der Waals surface area contributed by atoms with Gasteiger partial charge in [0.15, 0.2) is 0 Å². The minimum atomic E-state index is -0.338. The highest BCUT2D eigenvalue weighted by atomic mass is 127. The van der Waals surface area contributed by atoms with Crippen molar-refractivity contribution in [2.45, 2.75) is 26.7 Å². The monoisotopic (exact) mass is 500 g/mol. The van der Waals surface area contributed by atoms with E-state index < -0.39 is 0 Å². The molecule has 0 bridgehead atoms. The first-order valence-electron chi connectivity index (χ1n) is 9.57. The number of imide groups is 1. The molecule has 3 amide bonds. The quantitative estimate of drug-likeness (QED) is 0.378. The van der Waals surface area contributed by atoms with Gasteiger partial charge in [-0.05, 0) is 85.2 Å². The van der Waals surface area contributed by atoms with E-state index in [0.717, 1.165) is 14.7 Å². The third kappa shape index (κ3) is 3.61. The van der Waals surface area contributed by atoms with Crippen molar-refractivity contribution >= 4 is 51.7 Å². The zero-order valence-electron chi connectivity index (χ0n) is 16.2. The number of carbonyl (C=O) groups is 3. The predicted molar refractivity (Wildman–Crippen MR) is 121 cm³/mol. The molecule has 4 rings (SSSR count). The minimum Gasteiger partial charge on any atom is -0.322 e. The van der Waals surface area contributed by atoms with Gasteiger partial charge >= 0.3 is 0 Å². The van der Waals surface area contributed by atoms with E-state index in [0.29, 0.717) is 29.8 Å². The number of benzene rings is 2. The van der Waals surface area contributed by atoms with Crippen LogP contribution in [0.5, 0.6) is 0 Å². The molecule has 0 spiro atoms. The number of fused-ring (bicyclic) bond motifs is 1. The summed E-state index contributed by atoms with van der Waals surface area (Å²) in [4.78, 5) is 40.3. The van der Waals surface area contributed by atoms with Gasteiger partial charge in [-0.2, -0.15) is 0 Å². The van der Waals surface area contributed by atoms with Crippen LogP contribution in [0, 0.1) is 22.3 Å². The molecule has 0 aromatic heterocycles. The Bertz CT molecular complexity index is 1060. The molecule has 1 fully saturated rings. The van der Waals surface area contributed by atoms with Crippen molar-refractivity contribution in [1.82, 2.24) is 0 Å². The number of amides is 3. The Morgan fingerprint density at radius 2 is 1.79 bits per heavy atom. The molecule has 1 aliphatic carbocycles. The third-order valence-electron chi connectivity index (χ3n) is 5.65. The molecule has 1 heterocycles. The highest BCUT2D eigenvalue weighted by Crippen LogP contribution is 2.40. The second-order valence-electron chi connectivity index (χ2n) is 7.65. The van der Waals surface area contributed by atoms with E-state index in [2.05, 4.69) is 27.9 Å². The van der Waals surface area contributed by atoms with Crippen molar-refractivity contribution in [2.75, 3.05) is 10.2 Å². The van der Waals surface area contributed by atoms with E-state index in [1.165, 1.54) is 4.90 Å². The summed E-state index contributed by atoms with van der Waals surface area (Å²) in [6.45, 7) is 3.92. The van der Waals surface area contributed by atoms with Gasteiger partial charge < -0.3 is 5.32 Å². The maximum absolute atomic E-state index is 13.1. The largest absolute Gasteiger partial charge is 0.322 e. The van der Waals surface area contributed by atoms with Gasteiger partial charge in [0.2, 0.25) is 11.8 Å². The van der Waals surface area contributed by atoms with Crippen molar-refractivity contribution in [3.05, 3.63) is 68.8 Å². The molecule has 1 saturated heterocycles. The lowest BCUT2D eigenvalue weighted by Crippen LogP contribution is -2.33. The minimum absolute atomic E-state index is 0.210. The van der Waals surface area contributed by atoms with Gasteiger partial charge in [-0.1, -0.05) is 23.8 Å². The van der Waals surface area contributed by atoms with Crippen molar-refractivity contribution in [3.63, 3.8) is 0 Å². The summed E-state index contributed by atoms with van der Waals surface area (Å²) in [6, 6.07) is 12.6. The number of nitrogens with one attached hydrogen (secondary N) is 1. The molecule has 0 radical (unpaired) electrons. The number of nitrogens with zero attached hydrogens (tertiary/aromatic N) is 1. The normalized spacial score (nSPS) is 21.1. The number of allylic oxidation sites excluding steroid dienone is 2. The van der Waals surface area contributed by atoms with Crippen LogP contribution in [0.4, 0.5) is 11.4 Å². The van der Waals surface area contributed by atoms with E-state index >= 15 is 0 Å². The summed E-state index contributed by atoms with van der Waals surface area (Å²) in [6.07, 6.45) is 3.21. The second-order valence-corrected chi connectivity index (χ2v) is 8.89. The first kappa shape index (κ1) is 19.8. The Morgan fingerprint density at radius 1 is 1.07 bits per heavy atom. The van der Waals surface area contributed by atoms with Gasteiger partial charge in [-0.25, -0.2) is 4.90 Å². The van der Waals surface area contributed by atoms with Crippen molar-refractivity contribution in [3.8, 4) is 0 Å². The maximum Gasteiger partial charge on any atom is 0.257 e. The SMILES string of the molecule is CC1=CC[C@@H]2C(=O)N(c3ccccc3C(=O)Nc3ccc(I)cc3C)C(=O)[C@H]2C1. The molecule has 29 heavy (non-hydrogen) atoms. The van der Waals surface area contributed by atoms with E-state index in [4.69, 9.17) is 0 Å². The topological polar surface area (TPSA) is 66.5 Å². The van der Waals surface area contributed by atoms with Crippen molar-refractivity contribution in [2.24, 2.45) is 11.8 Å². The first-order valence-corrected chi connectivity index (χ1v) is 10.6. The highest BCUT2D eigenvalue weighted by Gasteiger charge is 2.49. The Labute approximate surface area is 183 Å². The molecule has 2 aromatic rings. The molecule has 6 heteroatoms. The fourth-order valence-electron chi connectivity index (χ4n) is 4.09. The number of anilines is 2. The van der Waals surface area contributed by atoms with E-state index in [9.17, 15) is 14.4 Å². The van der Waals surface area contributed by atoms with Gasteiger partial charge in [0, 0.05) is 9.26 Å². The summed E-state index contributed by atoms with van der Waals surface area (Å²) in [7, 11) is 0. The van der Waals surface area contributed by atoms with E-state index in [-0.39, 0.29) is 29.6 Å². The van der Waals surface area contributed by atoms with Crippen molar-refractivity contribution in [1.29, 1.82) is 0 Å². The van der Waals surface area contributed by atoms with Crippen LogP contribution in [0.3, 0.4) is 0 Å². The van der Waals surface area contributed by atoms with Crippen LogP contribution in [0.15, 0.2) is 54.1 Å². The van der Waals surface area contributed by atoms with Crippen molar-refractivity contribution < 1.29 is 14.4 Å². The van der Waals surface area contributed by atoms with Crippen LogP contribution in [0.2, 0.25) is 0 Å². The summed E-state index contributed by atoms with van der Waals surface area (Å²) in [5.74, 6) is -1.43. The number of carbonyl (C=O) groups excluding carboxylic acids is 3. The van der Waals surface area contributed by atoms with Crippen LogP contribution in [0.25, 0.3) is 0 Å². The zero-order valence-corrected chi connectivity index (χ0v) is 18.4. The molecular weight excluding hydrogens is 479 g/mol. The number of halogens is 1.